The van der Waals surface area contributed by atoms with Crippen molar-refractivity contribution in [2.75, 3.05) is 7.05 Å². The largest absolute Gasteiger partial charge is 0.504 e. The summed E-state index contributed by atoms with van der Waals surface area (Å²) in [5.74, 6) is 0.136. The van der Waals surface area contributed by atoms with Crippen LogP contribution in [0.1, 0.15) is 5.69 Å². The van der Waals surface area contributed by atoms with Gasteiger partial charge in [0.2, 0.25) is 0 Å². The van der Waals surface area contributed by atoms with Crippen molar-refractivity contribution in [3.63, 3.8) is 0 Å². The Morgan fingerprint density at radius 1 is 1.70 bits per heavy atom. The van der Waals surface area contributed by atoms with E-state index >= 15 is 0 Å². The van der Waals surface area contributed by atoms with Crippen LogP contribution < -0.4 is 5.32 Å². The summed E-state index contributed by atoms with van der Waals surface area (Å²) < 4.78 is 0. The molecule has 0 atom stereocenters. The summed E-state index contributed by atoms with van der Waals surface area (Å²) in [6.45, 7) is 0.564. The Labute approximate surface area is 58.9 Å². The minimum absolute atomic E-state index is 0.136. The van der Waals surface area contributed by atoms with E-state index in [0.717, 1.165) is 0 Å². The highest BCUT2D eigenvalue weighted by molar-refractivity contribution is 5.20. The quantitative estimate of drug-likeness (QED) is 0.600. The van der Waals surface area contributed by atoms with Gasteiger partial charge in [-0.3, -0.25) is 0 Å². The predicted molar refractivity (Wildman–Crippen MR) is 36.5 cm³/mol. The number of hydrogen-bond donors (Lipinski definition) is 2. The molecule has 1 aromatic heterocycles. The Morgan fingerprint density at radius 2 is 2.50 bits per heavy atom. The first-order valence-electron chi connectivity index (χ1n) is 2.97. The van der Waals surface area contributed by atoms with Crippen molar-refractivity contribution in [2.45, 2.75) is 6.54 Å². The second-order valence-electron chi connectivity index (χ2n) is 1.89. The average Bonchev–Trinajstić information content (AvgIpc) is 1.94. The smallest absolute Gasteiger partial charge is 0.156 e. The van der Waals surface area contributed by atoms with Gasteiger partial charge in [-0.25, -0.2) is 9.97 Å². The summed E-state index contributed by atoms with van der Waals surface area (Å²) in [4.78, 5) is 7.48. The van der Waals surface area contributed by atoms with Crippen LogP contribution in [0, 0.1) is 0 Å². The van der Waals surface area contributed by atoms with Gasteiger partial charge in [-0.05, 0) is 7.05 Å². The van der Waals surface area contributed by atoms with Gasteiger partial charge < -0.3 is 10.4 Å². The Hall–Kier alpha value is -1.16. The van der Waals surface area contributed by atoms with Crippen LogP contribution in [0.25, 0.3) is 0 Å². The molecule has 0 aromatic carbocycles. The molecule has 1 aromatic rings. The summed E-state index contributed by atoms with van der Waals surface area (Å²) in [7, 11) is 1.79. The maximum atomic E-state index is 9.08. The fourth-order valence-corrected chi connectivity index (χ4v) is 0.651. The third-order valence-corrected chi connectivity index (χ3v) is 1.12. The van der Waals surface area contributed by atoms with Gasteiger partial charge in [0.15, 0.2) is 5.75 Å². The number of hydrogen-bond acceptors (Lipinski definition) is 4. The lowest BCUT2D eigenvalue weighted by molar-refractivity contribution is 0.458. The lowest BCUT2D eigenvalue weighted by atomic mass is 10.4. The lowest BCUT2D eigenvalue weighted by Gasteiger charge is -1.98. The second kappa shape index (κ2) is 3.12. The molecule has 0 bridgehead atoms. The van der Waals surface area contributed by atoms with E-state index < -0.39 is 0 Å². The summed E-state index contributed by atoms with van der Waals surface area (Å²) >= 11 is 0. The highest BCUT2D eigenvalue weighted by atomic mass is 16.3. The Bertz CT molecular complexity index is 214. The van der Waals surface area contributed by atoms with Gasteiger partial charge in [-0.15, -0.1) is 0 Å². The monoisotopic (exact) mass is 139 g/mol. The molecule has 4 nitrogen and oxygen atoms in total. The molecule has 0 radical (unpaired) electrons. The molecule has 1 rings (SSSR count). The van der Waals surface area contributed by atoms with Crippen LogP contribution in [-0.2, 0) is 6.54 Å². The summed E-state index contributed by atoms with van der Waals surface area (Å²) in [5, 5.41) is 12.0. The molecule has 0 aliphatic heterocycles. The molecule has 1 heterocycles. The number of nitrogens with zero attached hydrogens (tertiary/aromatic N) is 2. The summed E-state index contributed by atoms with van der Waals surface area (Å²) in [6, 6.07) is 0. The van der Waals surface area contributed by atoms with E-state index in [2.05, 4.69) is 15.3 Å². The Kier molecular flexibility index (Phi) is 2.17. The minimum atomic E-state index is 0.136. The molecule has 54 valence electrons. The van der Waals surface area contributed by atoms with Gasteiger partial charge in [0.1, 0.15) is 6.33 Å². The number of aromatic nitrogens is 2. The van der Waals surface area contributed by atoms with E-state index in [1.165, 1.54) is 12.5 Å². The molecule has 0 saturated carbocycles. The molecule has 0 fully saturated rings. The summed E-state index contributed by atoms with van der Waals surface area (Å²) in [6.07, 6.45) is 2.78. The molecule has 4 heteroatoms. The molecule has 0 unspecified atom stereocenters. The van der Waals surface area contributed by atoms with Crippen molar-refractivity contribution in [3.8, 4) is 5.75 Å². The minimum Gasteiger partial charge on any atom is -0.504 e. The maximum absolute atomic E-state index is 9.08. The van der Waals surface area contributed by atoms with E-state index in [1.54, 1.807) is 7.05 Å². The van der Waals surface area contributed by atoms with E-state index in [9.17, 15) is 0 Å². The fourth-order valence-electron chi connectivity index (χ4n) is 0.651. The first kappa shape index (κ1) is 6.95. The van der Waals surface area contributed by atoms with Crippen LogP contribution in [-0.4, -0.2) is 22.1 Å². The topological polar surface area (TPSA) is 58.0 Å². The van der Waals surface area contributed by atoms with Gasteiger partial charge >= 0.3 is 0 Å². The maximum Gasteiger partial charge on any atom is 0.156 e. The molecule has 0 aliphatic rings. The first-order chi connectivity index (χ1) is 4.84. The van der Waals surface area contributed by atoms with E-state index in [4.69, 9.17) is 5.11 Å². The predicted octanol–water partition coefficient (Wildman–Crippen LogP) is -0.0984. The van der Waals surface area contributed by atoms with Gasteiger partial charge in [-0.2, -0.15) is 0 Å². The molecular weight excluding hydrogens is 130 g/mol. The van der Waals surface area contributed by atoms with Gasteiger partial charge in [-0.1, -0.05) is 0 Å². The highest BCUT2D eigenvalue weighted by Crippen LogP contribution is 2.09. The molecular formula is C6H9N3O. The van der Waals surface area contributed by atoms with E-state index in [-0.39, 0.29) is 5.75 Å². The van der Waals surface area contributed by atoms with Crippen molar-refractivity contribution in [1.29, 1.82) is 0 Å². The van der Waals surface area contributed by atoms with Crippen molar-refractivity contribution in [2.24, 2.45) is 0 Å². The third kappa shape index (κ3) is 1.41. The standard InChI is InChI=1S/C6H9N3O/c1-7-2-5-6(10)3-8-4-9-5/h3-4,7,10H,2H2,1H3. The third-order valence-electron chi connectivity index (χ3n) is 1.12. The summed E-state index contributed by atoms with van der Waals surface area (Å²) in [5.41, 5.74) is 0.623. The molecule has 0 spiro atoms. The van der Waals surface area contributed by atoms with Crippen LogP contribution in [0.15, 0.2) is 12.5 Å². The van der Waals surface area contributed by atoms with Gasteiger partial charge in [0.05, 0.1) is 11.9 Å². The zero-order valence-electron chi connectivity index (χ0n) is 5.70. The molecule has 2 N–H and O–H groups in total. The number of rotatable bonds is 2. The van der Waals surface area contributed by atoms with Crippen molar-refractivity contribution < 1.29 is 5.11 Å². The van der Waals surface area contributed by atoms with Crippen LogP contribution in [0.2, 0.25) is 0 Å². The zero-order valence-corrected chi connectivity index (χ0v) is 5.70. The normalized spacial score (nSPS) is 9.70. The van der Waals surface area contributed by atoms with Crippen LogP contribution in [0.4, 0.5) is 0 Å². The van der Waals surface area contributed by atoms with Crippen molar-refractivity contribution in [1.82, 2.24) is 15.3 Å². The average molecular weight is 139 g/mol. The Balaban J connectivity index is 2.81. The van der Waals surface area contributed by atoms with E-state index in [1.807, 2.05) is 0 Å². The Morgan fingerprint density at radius 3 is 3.10 bits per heavy atom. The van der Waals surface area contributed by atoms with E-state index in [0.29, 0.717) is 12.2 Å². The zero-order chi connectivity index (χ0) is 7.40. The van der Waals surface area contributed by atoms with Gasteiger partial charge in [0, 0.05) is 6.54 Å². The van der Waals surface area contributed by atoms with Crippen molar-refractivity contribution in [3.05, 3.63) is 18.2 Å². The second-order valence-corrected chi connectivity index (χ2v) is 1.89. The fraction of sp³-hybridized carbons (Fsp3) is 0.333. The molecule has 0 saturated heterocycles. The molecule has 10 heavy (non-hydrogen) atoms. The number of nitrogens with one attached hydrogen (secondary N) is 1. The van der Waals surface area contributed by atoms with Crippen LogP contribution >= 0.6 is 0 Å². The molecule has 0 aliphatic carbocycles. The SMILES string of the molecule is CNCc1ncncc1O. The van der Waals surface area contributed by atoms with Crippen LogP contribution in [0.5, 0.6) is 5.75 Å². The molecule has 0 amide bonds. The lowest BCUT2D eigenvalue weighted by Crippen LogP contribution is -2.06. The first-order valence-corrected chi connectivity index (χ1v) is 2.97. The van der Waals surface area contributed by atoms with Gasteiger partial charge in [0.25, 0.3) is 0 Å². The van der Waals surface area contributed by atoms with Crippen molar-refractivity contribution >= 4 is 0 Å². The highest BCUT2D eigenvalue weighted by Gasteiger charge is 1.97. The number of aromatic hydroxyl groups is 1. The van der Waals surface area contributed by atoms with Crippen LogP contribution in [0.3, 0.4) is 0 Å².